The van der Waals surface area contributed by atoms with E-state index in [4.69, 9.17) is 0 Å². The highest BCUT2D eigenvalue weighted by molar-refractivity contribution is 7.92. The number of hydrogen-bond donors (Lipinski definition) is 3. The summed E-state index contributed by atoms with van der Waals surface area (Å²) < 4.78 is 41.9. The Morgan fingerprint density at radius 1 is 0.806 bits per heavy atom. The zero-order valence-corrected chi connectivity index (χ0v) is 17.6. The van der Waals surface area contributed by atoms with Crippen LogP contribution < -0.4 is 15.6 Å². The first kappa shape index (κ1) is 22.0. The summed E-state index contributed by atoms with van der Waals surface area (Å²) in [5.41, 5.74) is 5.38. The van der Waals surface area contributed by atoms with Crippen LogP contribution in [0.5, 0.6) is 0 Å². The Hall–Kier alpha value is -3.72. The van der Waals surface area contributed by atoms with Gasteiger partial charge in [-0.2, -0.15) is 0 Å². The van der Waals surface area contributed by atoms with Crippen LogP contribution in [0.3, 0.4) is 0 Å². The van der Waals surface area contributed by atoms with Crippen molar-refractivity contribution in [3.63, 3.8) is 0 Å². The molecule has 160 valence electrons. The van der Waals surface area contributed by atoms with E-state index in [1.807, 2.05) is 0 Å². The topological polar surface area (TPSA) is 104 Å². The summed E-state index contributed by atoms with van der Waals surface area (Å²) in [4.78, 5) is 24.8. The fraction of sp³-hybridized carbons (Fsp3) is 0.0909. The number of nitrogens with one attached hydrogen (secondary N) is 3. The maximum absolute atomic E-state index is 13.7. The number of carbonyl (C=O) groups excluding carboxylic acids is 2. The lowest BCUT2D eigenvalue weighted by Gasteiger charge is -2.14. The van der Waals surface area contributed by atoms with Gasteiger partial charge in [-0.25, -0.2) is 12.8 Å². The summed E-state index contributed by atoms with van der Waals surface area (Å²) in [6, 6.07) is 16.3. The number of aryl methyl sites for hydroxylation is 2. The number of anilines is 1. The number of amides is 2. The van der Waals surface area contributed by atoms with Crippen LogP contribution in [0.4, 0.5) is 10.1 Å². The van der Waals surface area contributed by atoms with Crippen LogP contribution in [0, 0.1) is 19.7 Å². The van der Waals surface area contributed by atoms with Gasteiger partial charge in [-0.05, 0) is 55.3 Å². The molecule has 0 unspecified atom stereocenters. The summed E-state index contributed by atoms with van der Waals surface area (Å²) >= 11 is 0. The van der Waals surface area contributed by atoms with Crippen molar-refractivity contribution >= 4 is 27.5 Å². The molecule has 3 aromatic carbocycles. The monoisotopic (exact) mass is 441 g/mol. The van der Waals surface area contributed by atoms with Gasteiger partial charge in [0.25, 0.3) is 21.8 Å². The number of sulfonamides is 1. The highest BCUT2D eigenvalue weighted by atomic mass is 32.2. The summed E-state index contributed by atoms with van der Waals surface area (Å²) in [5.74, 6) is -2.36. The van der Waals surface area contributed by atoms with E-state index in [-0.39, 0.29) is 21.7 Å². The van der Waals surface area contributed by atoms with E-state index < -0.39 is 27.7 Å². The molecule has 0 heterocycles. The van der Waals surface area contributed by atoms with Gasteiger partial charge in [-0.15, -0.1) is 0 Å². The quantitative estimate of drug-likeness (QED) is 0.529. The van der Waals surface area contributed by atoms with Crippen LogP contribution in [0.2, 0.25) is 0 Å². The van der Waals surface area contributed by atoms with Crippen molar-refractivity contribution in [1.82, 2.24) is 10.9 Å². The summed E-state index contributed by atoms with van der Waals surface area (Å²) in [7, 11) is -3.97. The van der Waals surface area contributed by atoms with E-state index >= 15 is 0 Å². The van der Waals surface area contributed by atoms with E-state index in [1.165, 1.54) is 36.4 Å². The highest BCUT2D eigenvalue weighted by Crippen LogP contribution is 2.23. The van der Waals surface area contributed by atoms with Crippen molar-refractivity contribution < 1.29 is 22.4 Å². The lowest BCUT2D eigenvalue weighted by Crippen LogP contribution is -2.42. The zero-order valence-electron chi connectivity index (χ0n) is 16.8. The van der Waals surface area contributed by atoms with Crippen LogP contribution in [-0.2, 0) is 10.0 Å². The molecule has 0 bridgehead atoms. The van der Waals surface area contributed by atoms with Crippen LogP contribution in [0.25, 0.3) is 0 Å². The number of benzene rings is 3. The van der Waals surface area contributed by atoms with Gasteiger partial charge in [-0.3, -0.25) is 25.2 Å². The molecule has 3 N–H and O–H groups in total. The van der Waals surface area contributed by atoms with Crippen molar-refractivity contribution in [3.05, 3.63) is 94.8 Å². The number of hydrogen-bond acceptors (Lipinski definition) is 4. The maximum atomic E-state index is 13.7. The molecule has 7 nitrogen and oxygen atoms in total. The minimum atomic E-state index is -3.97. The van der Waals surface area contributed by atoms with E-state index in [2.05, 4.69) is 15.6 Å². The molecule has 0 spiro atoms. The normalized spacial score (nSPS) is 10.9. The molecule has 0 aliphatic carbocycles. The number of rotatable bonds is 5. The number of para-hydroxylation sites is 1. The van der Waals surface area contributed by atoms with Crippen molar-refractivity contribution in [1.29, 1.82) is 0 Å². The molecule has 0 fully saturated rings. The molecule has 0 aliphatic rings. The van der Waals surface area contributed by atoms with Gasteiger partial charge in [0.2, 0.25) is 0 Å². The molecule has 0 aromatic heterocycles. The highest BCUT2D eigenvalue weighted by Gasteiger charge is 2.21. The number of carbonyl (C=O) groups is 2. The molecule has 3 rings (SSSR count). The Balaban J connectivity index is 1.80. The lowest BCUT2D eigenvalue weighted by atomic mass is 10.2. The molecular weight excluding hydrogens is 421 g/mol. The zero-order chi connectivity index (χ0) is 22.6. The van der Waals surface area contributed by atoms with Crippen LogP contribution in [0.1, 0.15) is 31.8 Å². The Kier molecular flexibility index (Phi) is 6.36. The molecule has 0 saturated heterocycles. The smallest absolute Gasteiger partial charge is 0.272 e. The summed E-state index contributed by atoms with van der Waals surface area (Å²) in [6.45, 7) is 3.45. The average Bonchev–Trinajstić information content (AvgIpc) is 2.74. The molecule has 9 heteroatoms. The van der Waals surface area contributed by atoms with Crippen LogP contribution in [0.15, 0.2) is 71.6 Å². The van der Waals surface area contributed by atoms with Gasteiger partial charge < -0.3 is 0 Å². The van der Waals surface area contributed by atoms with Gasteiger partial charge in [-0.1, -0.05) is 36.4 Å². The summed E-state index contributed by atoms with van der Waals surface area (Å²) in [6.07, 6.45) is 0. The molecule has 2 amide bonds. The van der Waals surface area contributed by atoms with Crippen molar-refractivity contribution in [3.8, 4) is 0 Å². The maximum Gasteiger partial charge on any atom is 0.272 e. The second-order valence-electron chi connectivity index (χ2n) is 6.81. The third-order valence-electron chi connectivity index (χ3n) is 4.46. The molecule has 31 heavy (non-hydrogen) atoms. The Morgan fingerprint density at radius 3 is 2.06 bits per heavy atom. The Labute approximate surface area is 179 Å². The Morgan fingerprint density at radius 2 is 1.39 bits per heavy atom. The van der Waals surface area contributed by atoms with Crippen molar-refractivity contribution in [2.45, 2.75) is 18.7 Å². The lowest BCUT2D eigenvalue weighted by molar-refractivity contribution is 0.0844. The van der Waals surface area contributed by atoms with Crippen LogP contribution in [-0.4, -0.2) is 20.2 Å². The van der Waals surface area contributed by atoms with E-state index in [9.17, 15) is 22.4 Å². The molecule has 0 atom stereocenters. The number of halogens is 1. The predicted octanol–water partition coefficient (Wildman–Crippen LogP) is 3.32. The van der Waals surface area contributed by atoms with Crippen molar-refractivity contribution in [2.75, 3.05) is 4.72 Å². The first-order valence-electron chi connectivity index (χ1n) is 9.23. The standard InChI is InChI=1S/C22H20FN3O4S/c1-14-11-12-15(2)20(13-14)31(29,30)26-19-10-6-4-8-17(19)22(28)25-24-21(27)16-7-3-5-9-18(16)23/h3-13,26H,1-2H3,(H,24,27)(H,25,28). The van der Waals surface area contributed by atoms with E-state index in [0.29, 0.717) is 5.56 Å². The second-order valence-corrected chi connectivity index (χ2v) is 8.46. The third-order valence-corrected chi connectivity index (χ3v) is 5.96. The molecule has 0 saturated carbocycles. The fourth-order valence-corrected chi connectivity index (χ4v) is 4.27. The second kappa shape index (κ2) is 8.97. The molecule has 3 aromatic rings. The first-order valence-corrected chi connectivity index (χ1v) is 10.7. The molecular formula is C22H20FN3O4S. The number of hydrazine groups is 1. The van der Waals surface area contributed by atoms with E-state index in [0.717, 1.165) is 11.6 Å². The SMILES string of the molecule is Cc1ccc(C)c(S(=O)(=O)Nc2ccccc2C(=O)NNC(=O)c2ccccc2F)c1. The minimum Gasteiger partial charge on any atom is -0.279 e. The summed E-state index contributed by atoms with van der Waals surface area (Å²) in [5, 5.41) is 0. The van der Waals surface area contributed by atoms with Crippen molar-refractivity contribution in [2.24, 2.45) is 0 Å². The van der Waals surface area contributed by atoms with E-state index in [1.54, 1.807) is 38.1 Å². The van der Waals surface area contributed by atoms with Gasteiger partial charge in [0.1, 0.15) is 5.82 Å². The predicted molar refractivity (Wildman–Crippen MR) is 114 cm³/mol. The van der Waals surface area contributed by atoms with Gasteiger partial charge in [0.05, 0.1) is 21.7 Å². The largest absolute Gasteiger partial charge is 0.279 e. The molecule has 0 radical (unpaired) electrons. The van der Waals surface area contributed by atoms with Gasteiger partial charge in [0, 0.05) is 0 Å². The third kappa shape index (κ3) is 5.07. The van der Waals surface area contributed by atoms with Gasteiger partial charge >= 0.3 is 0 Å². The first-order chi connectivity index (χ1) is 14.7. The van der Waals surface area contributed by atoms with Gasteiger partial charge in [0.15, 0.2) is 0 Å². The fourth-order valence-electron chi connectivity index (χ4n) is 2.86. The minimum absolute atomic E-state index is 0.0229. The van der Waals surface area contributed by atoms with Crippen LogP contribution >= 0.6 is 0 Å². The Bertz CT molecular complexity index is 1260. The average molecular weight is 441 g/mol. The molecule has 0 aliphatic heterocycles.